The van der Waals surface area contributed by atoms with Crippen molar-refractivity contribution < 1.29 is 9.59 Å². The normalized spacial score (nSPS) is 18.3. The van der Waals surface area contributed by atoms with Crippen molar-refractivity contribution in [2.75, 3.05) is 36.0 Å². The van der Waals surface area contributed by atoms with Gasteiger partial charge in [-0.2, -0.15) is 0 Å². The van der Waals surface area contributed by atoms with Crippen molar-refractivity contribution in [1.82, 2.24) is 4.90 Å². The average molecular weight is 453 g/mol. The van der Waals surface area contributed by atoms with Gasteiger partial charge >= 0.3 is 0 Å². The molecule has 0 aromatic heterocycles. The number of amides is 1. The molecule has 3 aromatic rings. The Hall–Kier alpha value is -3.93. The van der Waals surface area contributed by atoms with Crippen molar-refractivity contribution in [2.24, 2.45) is 4.99 Å². The number of guanidine groups is 1. The van der Waals surface area contributed by atoms with Gasteiger partial charge in [0.25, 0.3) is 5.91 Å². The number of benzene rings is 3. The van der Waals surface area contributed by atoms with Crippen molar-refractivity contribution in [2.45, 2.75) is 19.4 Å². The molecule has 0 bridgehead atoms. The molecular weight excluding hydrogens is 424 g/mol. The largest absolute Gasteiger partial charge is 0.368 e. The minimum absolute atomic E-state index is 0.0207. The van der Waals surface area contributed by atoms with Gasteiger partial charge in [-0.25, -0.2) is 9.89 Å². The van der Waals surface area contributed by atoms with E-state index in [1.807, 2.05) is 84.9 Å². The predicted octanol–water partition coefficient (Wildman–Crippen LogP) is 4.03. The third-order valence-corrected chi connectivity index (χ3v) is 6.46. The number of rotatable bonds is 5. The molecule has 6 nitrogen and oxygen atoms in total. The van der Waals surface area contributed by atoms with E-state index in [1.54, 1.807) is 11.8 Å². The van der Waals surface area contributed by atoms with Crippen LogP contribution in [-0.4, -0.2) is 54.8 Å². The van der Waals surface area contributed by atoms with E-state index in [2.05, 4.69) is 9.80 Å². The monoisotopic (exact) mass is 452 g/mol. The topological polar surface area (TPSA) is 56.2 Å². The summed E-state index contributed by atoms with van der Waals surface area (Å²) in [5.74, 6) is 0.836. The second kappa shape index (κ2) is 9.51. The predicted molar refractivity (Wildman–Crippen MR) is 136 cm³/mol. The van der Waals surface area contributed by atoms with Crippen LogP contribution in [0.25, 0.3) is 0 Å². The Bertz CT molecular complexity index is 1180. The van der Waals surface area contributed by atoms with Crippen LogP contribution >= 0.6 is 0 Å². The average Bonchev–Trinajstić information content (AvgIpc) is 3.21. The zero-order valence-corrected chi connectivity index (χ0v) is 19.3. The summed E-state index contributed by atoms with van der Waals surface area (Å²) in [6.07, 6.45) is 0.592. The van der Waals surface area contributed by atoms with Gasteiger partial charge in [-0.15, -0.1) is 0 Å². The molecule has 0 radical (unpaired) electrons. The summed E-state index contributed by atoms with van der Waals surface area (Å²) < 4.78 is 0. The van der Waals surface area contributed by atoms with Gasteiger partial charge in [0, 0.05) is 43.9 Å². The molecule has 0 N–H and O–H groups in total. The van der Waals surface area contributed by atoms with Crippen molar-refractivity contribution >= 4 is 29.0 Å². The Morgan fingerprint density at radius 1 is 0.794 bits per heavy atom. The first-order chi connectivity index (χ1) is 16.6. The van der Waals surface area contributed by atoms with Crippen molar-refractivity contribution in [3.05, 3.63) is 96.1 Å². The van der Waals surface area contributed by atoms with Gasteiger partial charge in [0.15, 0.2) is 5.78 Å². The van der Waals surface area contributed by atoms with Gasteiger partial charge in [-0.05, 0) is 48.9 Å². The molecule has 1 fully saturated rings. The van der Waals surface area contributed by atoms with Crippen LogP contribution < -0.4 is 9.80 Å². The summed E-state index contributed by atoms with van der Waals surface area (Å²) in [5.41, 5.74) is 3.79. The maximum Gasteiger partial charge on any atom is 0.259 e. The molecule has 2 aliphatic heterocycles. The van der Waals surface area contributed by atoms with Gasteiger partial charge < -0.3 is 9.80 Å². The minimum Gasteiger partial charge on any atom is -0.368 e. The molecule has 2 aliphatic rings. The fourth-order valence-corrected chi connectivity index (χ4v) is 4.58. The molecule has 34 heavy (non-hydrogen) atoms. The van der Waals surface area contributed by atoms with E-state index in [0.29, 0.717) is 6.42 Å². The van der Waals surface area contributed by atoms with E-state index in [4.69, 9.17) is 4.99 Å². The summed E-state index contributed by atoms with van der Waals surface area (Å²) in [4.78, 5) is 36.3. The molecule has 1 amide bonds. The molecular formula is C28H28N4O2. The zero-order valence-electron chi connectivity index (χ0n) is 19.3. The van der Waals surface area contributed by atoms with Crippen LogP contribution in [0, 0.1) is 0 Å². The van der Waals surface area contributed by atoms with Gasteiger partial charge in [-0.1, -0.05) is 48.5 Å². The van der Waals surface area contributed by atoms with E-state index in [9.17, 15) is 9.59 Å². The Morgan fingerprint density at radius 2 is 1.38 bits per heavy atom. The van der Waals surface area contributed by atoms with Crippen molar-refractivity contribution in [1.29, 1.82) is 0 Å². The maximum atomic E-state index is 13.5. The first kappa shape index (κ1) is 21.9. The lowest BCUT2D eigenvalue weighted by molar-refractivity contribution is -0.118. The quantitative estimate of drug-likeness (QED) is 0.549. The highest BCUT2D eigenvalue weighted by atomic mass is 16.2. The Kier molecular flexibility index (Phi) is 6.12. The molecule has 0 aliphatic carbocycles. The lowest BCUT2D eigenvalue weighted by Gasteiger charge is -2.38. The van der Waals surface area contributed by atoms with Crippen LogP contribution in [0.3, 0.4) is 0 Å². The van der Waals surface area contributed by atoms with Crippen molar-refractivity contribution in [3.63, 3.8) is 0 Å². The number of hydrogen-bond donors (Lipinski definition) is 0. The number of hydrogen-bond acceptors (Lipinski definition) is 5. The highest BCUT2D eigenvalue weighted by Gasteiger charge is 2.39. The Labute approximate surface area is 200 Å². The number of ketones is 1. The van der Waals surface area contributed by atoms with Crippen LogP contribution in [-0.2, 0) is 11.2 Å². The molecule has 1 saturated heterocycles. The second-order valence-corrected chi connectivity index (χ2v) is 8.72. The summed E-state index contributed by atoms with van der Waals surface area (Å²) in [6.45, 7) is 4.75. The summed E-state index contributed by atoms with van der Waals surface area (Å²) in [5, 5.41) is 0. The molecule has 0 saturated carbocycles. The molecule has 0 spiro atoms. The number of carbonyl (C=O) groups excluding carboxylic acids is 2. The summed E-state index contributed by atoms with van der Waals surface area (Å²) in [6, 6.07) is 27.2. The Morgan fingerprint density at radius 3 is 2.00 bits per heavy atom. The number of anilines is 2. The van der Waals surface area contributed by atoms with E-state index >= 15 is 0 Å². The minimum atomic E-state index is -0.422. The highest BCUT2D eigenvalue weighted by Crippen LogP contribution is 2.26. The fourth-order valence-electron chi connectivity index (χ4n) is 4.58. The molecule has 1 unspecified atom stereocenters. The number of carbonyl (C=O) groups is 2. The first-order valence-corrected chi connectivity index (χ1v) is 11.7. The highest BCUT2D eigenvalue weighted by molar-refractivity contribution is 6.22. The van der Waals surface area contributed by atoms with Crippen LogP contribution in [0.15, 0.2) is 89.9 Å². The summed E-state index contributed by atoms with van der Waals surface area (Å²) in [7, 11) is 0. The van der Waals surface area contributed by atoms with Gasteiger partial charge in [-0.3, -0.25) is 9.59 Å². The SMILES string of the molecule is CC(=O)c1ccc(N2CCN(C3=NC(Cc4ccccc4)C(=O)N3c3ccccc3)CC2)cc1. The molecule has 5 rings (SSSR count). The van der Waals surface area contributed by atoms with Gasteiger partial charge in [0.2, 0.25) is 5.96 Å². The van der Waals surface area contributed by atoms with E-state index < -0.39 is 6.04 Å². The lowest BCUT2D eigenvalue weighted by atomic mass is 10.1. The van der Waals surface area contributed by atoms with Crippen LogP contribution in [0.2, 0.25) is 0 Å². The Balaban J connectivity index is 1.35. The third-order valence-electron chi connectivity index (χ3n) is 6.46. The number of aliphatic imine (C=N–C) groups is 1. The number of nitrogens with zero attached hydrogens (tertiary/aromatic N) is 4. The van der Waals surface area contributed by atoms with Crippen molar-refractivity contribution in [3.8, 4) is 0 Å². The smallest absolute Gasteiger partial charge is 0.259 e. The summed E-state index contributed by atoms with van der Waals surface area (Å²) >= 11 is 0. The van der Waals surface area contributed by atoms with Gasteiger partial charge in [0.1, 0.15) is 6.04 Å². The lowest BCUT2D eigenvalue weighted by Crippen LogP contribution is -2.53. The van der Waals surface area contributed by atoms with E-state index in [-0.39, 0.29) is 11.7 Å². The molecule has 3 aromatic carbocycles. The van der Waals surface area contributed by atoms with E-state index in [1.165, 1.54) is 0 Å². The molecule has 6 heteroatoms. The van der Waals surface area contributed by atoms with Crippen LogP contribution in [0.5, 0.6) is 0 Å². The van der Waals surface area contributed by atoms with Crippen LogP contribution in [0.4, 0.5) is 11.4 Å². The number of piperazine rings is 1. The standard InChI is InChI=1S/C28H28N4O2/c1-21(33)23-12-14-24(15-13-23)30-16-18-31(19-17-30)28-29-26(20-22-8-4-2-5-9-22)27(34)32(28)25-10-6-3-7-11-25/h2-15,26H,16-20H2,1H3. The number of para-hydroxylation sites is 1. The molecule has 172 valence electrons. The zero-order chi connectivity index (χ0) is 23.5. The fraction of sp³-hybridized carbons (Fsp3) is 0.250. The van der Waals surface area contributed by atoms with E-state index in [0.717, 1.165) is 54.6 Å². The second-order valence-electron chi connectivity index (χ2n) is 8.72. The third kappa shape index (κ3) is 4.44. The van der Waals surface area contributed by atoms with Gasteiger partial charge in [0.05, 0.1) is 5.69 Å². The number of Topliss-reactive ketones (excluding diaryl/α,β-unsaturated/α-hetero) is 1. The first-order valence-electron chi connectivity index (χ1n) is 11.7. The molecule has 2 heterocycles. The van der Waals surface area contributed by atoms with Crippen LogP contribution in [0.1, 0.15) is 22.8 Å². The maximum absolute atomic E-state index is 13.5. The molecule has 1 atom stereocenters.